The monoisotopic (exact) mass is 486 g/mol. The number of carbonyl (C=O) groups is 2. The van der Waals surface area contributed by atoms with Gasteiger partial charge >= 0.3 is 0 Å². The second kappa shape index (κ2) is 17.6. The van der Waals surface area contributed by atoms with Crippen LogP contribution in [-0.2, 0) is 9.59 Å². The highest BCUT2D eigenvalue weighted by Gasteiger charge is 2.06. The predicted octanol–water partition coefficient (Wildman–Crippen LogP) is 0.994. The minimum Gasteiger partial charge on any atom is -1.00 e. The molecule has 0 saturated heterocycles. The molecule has 0 atom stereocenters. The number of amides is 1. The lowest BCUT2D eigenvalue weighted by Crippen LogP contribution is -3.00. The van der Waals surface area contributed by atoms with Gasteiger partial charge in [0.1, 0.15) is 0 Å². The van der Waals surface area contributed by atoms with E-state index in [4.69, 9.17) is 0 Å². The first-order chi connectivity index (χ1) is 11.3. The summed E-state index contributed by atoms with van der Waals surface area (Å²) < 4.78 is 0.950. The van der Waals surface area contributed by atoms with Crippen molar-refractivity contribution < 1.29 is 38.0 Å². The van der Waals surface area contributed by atoms with Gasteiger partial charge in [0.15, 0.2) is 5.12 Å². The number of rotatable bonds is 15. The van der Waals surface area contributed by atoms with E-state index in [-0.39, 0.29) is 35.0 Å². The number of quaternary nitrogens is 1. The van der Waals surface area contributed by atoms with Crippen LogP contribution in [-0.4, -0.2) is 55.5 Å². The summed E-state index contributed by atoms with van der Waals surface area (Å²) in [4.78, 5) is 22.5. The molecule has 0 rings (SSSR count). The van der Waals surface area contributed by atoms with Gasteiger partial charge in [0, 0.05) is 32.1 Å². The third kappa shape index (κ3) is 24.2. The van der Waals surface area contributed by atoms with Crippen LogP contribution in [0.5, 0.6) is 0 Å². The van der Waals surface area contributed by atoms with Crippen LogP contribution in [0.25, 0.3) is 0 Å². The molecule has 0 saturated carbocycles. The summed E-state index contributed by atoms with van der Waals surface area (Å²) in [7, 11) is 6.52. The summed E-state index contributed by atoms with van der Waals surface area (Å²) in [6, 6.07) is 0. The minimum absolute atomic E-state index is 0. The van der Waals surface area contributed by atoms with E-state index < -0.39 is 0 Å². The van der Waals surface area contributed by atoms with Crippen molar-refractivity contribution in [3.63, 3.8) is 0 Å². The standard InChI is InChI=1S/C19H38N2O2S.HI/c1-18(22)24-17-12-10-8-6-5-7-9-11-14-19(23)20-15-13-16-21(2,3)4;/h5-17H2,1-4H3;1H. The molecule has 0 aromatic rings. The molecule has 4 nitrogen and oxygen atoms in total. The van der Waals surface area contributed by atoms with Crippen molar-refractivity contribution in [2.45, 2.75) is 71.1 Å². The number of thioether (sulfide) groups is 1. The van der Waals surface area contributed by atoms with E-state index in [9.17, 15) is 9.59 Å². The van der Waals surface area contributed by atoms with Gasteiger partial charge in [0.25, 0.3) is 0 Å². The molecule has 0 aliphatic rings. The second-order valence-corrected chi connectivity index (χ2v) is 8.91. The summed E-state index contributed by atoms with van der Waals surface area (Å²) in [5.41, 5.74) is 0. The minimum atomic E-state index is 0. The van der Waals surface area contributed by atoms with Crippen molar-refractivity contribution in [2.75, 3.05) is 40.0 Å². The molecule has 0 bridgehead atoms. The quantitative estimate of drug-likeness (QED) is 0.214. The van der Waals surface area contributed by atoms with E-state index in [1.165, 1.54) is 43.9 Å². The average molecular weight is 487 g/mol. The van der Waals surface area contributed by atoms with Crippen molar-refractivity contribution in [1.29, 1.82) is 0 Å². The van der Waals surface area contributed by atoms with Gasteiger partial charge in [-0.3, -0.25) is 9.59 Å². The Hall–Kier alpha value is 0.180. The number of nitrogens with zero attached hydrogens (tertiary/aromatic N) is 1. The van der Waals surface area contributed by atoms with Gasteiger partial charge in [-0.1, -0.05) is 50.3 Å². The Kier molecular flexibility index (Phi) is 19.3. The van der Waals surface area contributed by atoms with Crippen molar-refractivity contribution in [2.24, 2.45) is 0 Å². The molecule has 0 aromatic heterocycles. The van der Waals surface area contributed by atoms with Gasteiger partial charge < -0.3 is 33.8 Å². The maximum absolute atomic E-state index is 11.7. The number of halogens is 1. The van der Waals surface area contributed by atoms with Crippen LogP contribution in [0.1, 0.15) is 71.1 Å². The summed E-state index contributed by atoms with van der Waals surface area (Å²) in [6.45, 7) is 3.53. The second-order valence-electron chi connectivity index (χ2n) is 7.64. The molecule has 6 heteroatoms. The van der Waals surface area contributed by atoms with Crippen LogP contribution in [0, 0.1) is 0 Å². The van der Waals surface area contributed by atoms with E-state index >= 15 is 0 Å². The van der Waals surface area contributed by atoms with Crippen molar-refractivity contribution in [3.05, 3.63) is 0 Å². The number of hydrogen-bond donors (Lipinski definition) is 1. The Morgan fingerprint density at radius 3 is 1.88 bits per heavy atom. The topological polar surface area (TPSA) is 46.2 Å². The normalized spacial score (nSPS) is 11.0. The fourth-order valence-corrected chi connectivity index (χ4v) is 3.17. The van der Waals surface area contributed by atoms with Crippen LogP contribution >= 0.6 is 11.8 Å². The molecule has 150 valence electrons. The lowest BCUT2D eigenvalue weighted by Gasteiger charge is -2.23. The van der Waals surface area contributed by atoms with E-state index in [2.05, 4.69) is 26.5 Å². The molecular weight excluding hydrogens is 447 g/mol. The summed E-state index contributed by atoms with van der Waals surface area (Å²) in [5.74, 6) is 1.18. The fraction of sp³-hybridized carbons (Fsp3) is 0.895. The first kappa shape index (κ1) is 27.4. The molecule has 0 aliphatic heterocycles. The van der Waals surface area contributed by atoms with Gasteiger partial charge in [-0.05, 0) is 12.8 Å². The Bertz CT molecular complexity index is 347. The van der Waals surface area contributed by atoms with Crippen molar-refractivity contribution >= 4 is 22.8 Å². The third-order valence-corrected chi connectivity index (χ3v) is 4.83. The van der Waals surface area contributed by atoms with E-state index in [1.54, 1.807) is 6.92 Å². The zero-order valence-corrected chi connectivity index (χ0v) is 19.7. The zero-order chi connectivity index (χ0) is 18.3. The first-order valence-electron chi connectivity index (χ1n) is 9.52. The Morgan fingerprint density at radius 2 is 1.36 bits per heavy atom. The summed E-state index contributed by atoms with van der Waals surface area (Å²) in [5, 5.41) is 3.25. The molecule has 1 amide bonds. The average Bonchev–Trinajstić information content (AvgIpc) is 2.48. The van der Waals surface area contributed by atoms with Crippen molar-refractivity contribution in [3.8, 4) is 0 Å². The molecule has 0 radical (unpaired) electrons. The SMILES string of the molecule is CC(=O)SCCCCCCCCCCC(=O)NCCC[N+](C)(C)C.[I-]. The first-order valence-corrected chi connectivity index (χ1v) is 10.5. The van der Waals surface area contributed by atoms with Gasteiger partial charge in [0.2, 0.25) is 5.91 Å². The van der Waals surface area contributed by atoms with Crippen molar-refractivity contribution in [1.82, 2.24) is 5.32 Å². The van der Waals surface area contributed by atoms with Gasteiger partial charge in [-0.2, -0.15) is 0 Å². The van der Waals surface area contributed by atoms with Gasteiger partial charge in [0.05, 0.1) is 27.7 Å². The third-order valence-electron chi connectivity index (χ3n) is 3.93. The highest BCUT2D eigenvalue weighted by Crippen LogP contribution is 2.12. The Balaban J connectivity index is 0. The van der Waals surface area contributed by atoms with Crippen LogP contribution in [0.4, 0.5) is 0 Å². The molecule has 0 heterocycles. The van der Waals surface area contributed by atoms with E-state index in [0.29, 0.717) is 6.42 Å². The number of nitrogens with one attached hydrogen (secondary N) is 1. The highest BCUT2D eigenvalue weighted by molar-refractivity contribution is 8.13. The van der Waals surface area contributed by atoms with Gasteiger partial charge in [-0.25, -0.2) is 0 Å². The molecule has 25 heavy (non-hydrogen) atoms. The number of carbonyl (C=O) groups excluding carboxylic acids is 2. The van der Waals surface area contributed by atoms with Crippen LogP contribution < -0.4 is 29.3 Å². The molecule has 0 aliphatic carbocycles. The fourth-order valence-electron chi connectivity index (χ4n) is 2.53. The molecule has 0 spiro atoms. The highest BCUT2D eigenvalue weighted by atomic mass is 127. The Labute approximate surface area is 176 Å². The molecule has 0 aromatic carbocycles. The number of hydrogen-bond acceptors (Lipinski definition) is 3. The lowest BCUT2D eigenvalue weighted by molar-refractivity contribution is -0.870. The lowest BCUT2D eigenvalue weighted by atomic mass is 10.1. The van der Waals surface area contributed by atoms with Crippen LogP contribution in [0.3, 0.4) is 0 Å². The maximum atomic E-state index is 11.7. The maximum Gasteiger partial charge on any atom is 0.219 e. The van der Waals surface area contributed by atoms with Gasteiger partial charge in [-0.15, -0.1) is 0 Å². The van der Waals surface area contributed by atoms with E-state index in [0.717, 1.165) is 49.0 Å². The largest absolute Gasteiger partial charge is 1.00 e. The number of unbranched alkanes of at least 4 members (excludes halogenated alkanes) is 7. The Morgan fingerprint density at radius 1 is 0.840 bits per heavy atom. The van der Waals surface area contributed by atoms with Crippen LogP contribution in [0.2, 0.25) is 0 Å². The molecule has 0 fully saturated rings. The molecule has 1 N–H and O–H groups in total. The smallest absolute Gasteiger partial charge is 0.219 e. The molecule has 0 unspecified atom stereocenters. The molecular formula is C19H39IN2O2S. The van der Waals surface area contributed by atoms with E-state index in [1.807, 2.05) is 0 Å². The van der Waals surface area contributed by atoms with Crippen LogP contribution in [0.15, 0.2) is 0 Å². The summed E-state index contributed by atoms with van der Waals surface area (Å²) >= 11 is 1.44. The predicted molar refractivity (Wildman–Crippen MR) is 105 cm³/mol. The zero-order valence-electron chi connectivity index (χ0n) is 16.7. The summed E-state index contributed by atoms with van der Waals surface area (Å²) in [6.07, 6.45) is 11.3.